The Kier molecular flexibility index (Phi) is 3.47. The molecular formula is C12H17N3OS. The Morgan fingerprint density at radius 1 is 1.47 bits per heavy atom. The van der Waals surface area contributed by atoms with Crippen LogP contribution in [0.5, 0.6) is 5.88 Å². The Balaban J connectivity index is 2.45. The third kappa shape index (κ3) is 2.49. The van der Waals surface area contributed by atoms with Gasteiger partial charge in [0.1, 0.15) is 0 Å². The fourth-order valence-corrected chi connectivity index (χ4v) is 2.01. The van der Waals surface area contributed by atoms with E-state index < -0.39 is 0 Å². The summed E-state index contributed by atoms with van der Waals surface area (Å²) < 4.78 is 7.90. The average Bonchev–Trinajstić information content (AvgIpc) is 2.61. The molecule has 0 saturated heterocycles. The summed E-state index contributed by atoms with van der Waals surface area (Å²) >= 11 is 5.31. The second kappa shape index (κ2) is 4.87. The van der Waals surface area contributed by atoms with E-state index in [1.807, 2.05) is 16.7 Å². The molecule has 1 N–H and O–H groups in total. The summed E-state index contributed by atoms with van der Waals surface area (Å²) in [5.74, 6) is 1.26. The number of aromatic nitrogens is 3. The number of aromatic amines is 1. The van der Waals surface area contributed by atoms with Crippen LogP contribution in [-0.4, -0.2) is 21.6 Å². The first-order valence-electron chi connectivity index (χ1n) is 5.75. The van der Waals surface area contributed by atoms with Gasteiger partial charge in [0.2, 0.25) is 5.88 Å². The molecule has 2 rings (SSSR count). The Morgan fingerprint density at radius 2 is 2.24 bits per heavy atom. The molecule has 0 fully saturated rings. The first-order valence-corrected chi connectivity index (χ1v) is 6.16. The Bertz CT molecular complexity index is 571. The van der Waals surface area contributed by atoms with Gasteiger partial charge in [-0.15, -0.1) is 0 Å². The Morgan fingerprint density at radius 3 is 2.88 bits per heavy atom. The van der Waals surface area contributed by atoms with Gasteiger partial charge in [0, 0.05) is 12.6 Å². The van der Waals surface area contributed by atoms with Crippen molar-refractivity contribution in [1.82, 2.24) is 14.5 Å². The highest BCUT2D eigenvalue weighted by Crippen LogP contribution is 2.17. The van der Waals surface area contributed by atoms with Gasteiger partial charge in [-0.2, -0.15) is 4.98 Å². The van der Waals surface area contributed by atoms with Crippen molar-refractivity contribution in [2.24, 2.45) is 5.92 Å². The number of H-pyrrole nitrogens is 1. The number of hydrogen-bond acceptors (Lipinski definition) is 3. The van der Waals surface area contributed by atoms with Crippen LogP contribution in [0.4, 0.5) is 0 Å². The van der Waals surface area contributed by atoms with Crippen LogP contribution in [0.15, 0.2) is 12.1 Å². The van der Waals surface area contributed by atoms with Crippen molar-refractivity contribution < 1.29 is 4.74 Å². The predicted molar refractivity (Wildman–Crippen MR) is 70.9 cm³/mol. The molecule has 2 heterocycles. The van der Waals surface area contributed by atoms with E-state index in [1.165, 1.54) is 0 Å². The summed E-state index contributed by atoms with van der Waals surface area (Å²) in [6.07, 6.45) is 1.08. The molecule has 2 aromatic rings. The summed E-state index contributed by atoms with van der Waals surface area (Å²) in [5.41, 5.74) is 1.83. The lowest BCUT2D eigenvalue weighted by Gasteiger charge is -2.06. The maximum Gasteiger partial charge on any atom is 0.215 e. The Labute approximate surface area is 106 Å². The number of fused-ring (bicyclic) bond motifs is 1. The first-order chi connectivity index (χ1) is 8.11. The highest BCUT2D eigenvalue weighted by Gasteiger charge is 2.07. The van der Waals surface area contributed by atoms with Crippen LogP contribution in [0.25, 0.3) is 11.2 Å². The molecule has 92 valence electrons. The van der Waals surface area contributed by atoms with E-state index in [0.29, 0.717) is 11.8 Å². The number of rotatable bonds is 4. The molecule has 0 amide bonds. The molecule has 0 aromatic carbocycles. The minimum atomic E-state index is 0.616. The molecule has 0 aliphatic heterocycles. The summed E-state index contributed by atoms with van der Waals surface area (Å²) in [5, 5.41) is 0. The van der Waals surface area contributed by atoms with Crippen molar-refractivity contribution in [2.75, 3.05) is 7.11 Å². The SMILES string of the molecule is COc1ccc2[nH]c(=S)n(CCC(C)C)c2n1. The van der Waals surface area contributed by atoms with Gasteiger partial charge in [0.15, 0.2) is 10.4 Å². The van der Waals surface area contributed by atoms with E-state index in [-0.39, 0.29) is 0 Å². The molecule has 5 heteroatoms. The number of aryl methyl sites for hydroxylation is 1. The normalized spacial score (nSPS) is 11.3. The lowest BCUT2D eigenvalue weighted by molar-refractivity contribution is 0.398. The predicted octanol–water partition coefficient (Wildman–Crippen LogP) is 3.15. The van der Waals surface area contributed by atoms with Crippen molar-refractivity contribution >= 4 is 23.4 Å². The quantitative estimate of drug-likeness (QED) is 0.849. The van der Waals surface area contributed by atoms with Gasteiger partial charge in [0.25, 0.3) is 0 Å². The third-order valence-corrected chi connectivity index (χ3v) is 3.05. The molecule has 0 atom stereocenters. The fourth-order valence-electron chi connectivity index (χ4n) is 1.72. The maximum absolute atomic E-state index is 5.31. The van der Waals surface area contributed by atoms with E-state index >= 15 is 0 Å². The highest BCUT2D eigenvalue weighted by molar-refractivity contribution is 7.71. The lowest BCUT2D eigenvalue weighted by atomic mass is 10.1. The largest absolute Gasteiger partial charge is 0.481 e. The van der Waals surface area contributed by atoms with Crippen LogP contribution >= 0.6 is 12.2 Å². The molecule has 4 nitrogen and oxygen atoms in total. The first kappa shape index (κ1) is 12.1. The highest BCUT2D eigenvalue weighted by atomic mass is 32.1. The summed E-state index contributed by atoms with van der Waals surface area (Å²) in [6.45, 7) is 5.29. The van der Waals surface area contributed by atoms with Crippen LogP contribution in [0.1, 0.15) is 20.3 Å². The molecule has 0 aliphatic rings. The maximum atomic E-state index is 5.31. The van der Waals surface area contributed by atoms with Crippen molar-refractivity contribution in [1.29, 1.82) is 0 Å². The van der Waals surface area contributed by atoms with Crippen LogP contribution in [0, 0.1) is 10.7 Å². The number of methoxy groups -OCH3 is 1. The van der Waals surface area contributed by atoms with E-state index in [0.717, 1.165) is 28.9 Å². The van der Waals surface area contributed by atoms with Crippen LogP contribution in [-0.2, 0) is 6.54 Å². The number of ether oxygens (including phenoxy) is 1. The monoisotopic (exact) mass is 251 g/mol. The van der Waals surface area contributed by atoms with E-state index in [2.05, 4.69) is 23.8 Å². The van der Waals surface area contributed by atoms with Gasteiger partial charge in [-0.05, 0) is 30.6 Å². The lowest BCUT2D eigenvalue weighted by Crippen LogP contribution is -2.02. The molecule has 0 aliphatic carbocycles. The summed E-state index contributed by atoms with van der Waals surface area (Å²) in [4.78, 5) is 7.60. The number of nitrogens with zero attached hydrogens (tertiary/aromatic N) is 2. The second-order valence-corrected chi connectivity index (χ2v) is 4.88. The van der Waals surface area contributed by atoms with Gasteiger partial charge in [-0.25, -0.2) is 0 Å². The molecule has 0 bridgehead atoms. The topological polar surface area (TPSA) is 42.8 Å². The summed E-state index contributed by atoms with van der Waals surface area (Å²) in [6, 6.07) is 3.78. The van der Waals surface area contributed by atoms with Crippen molar-refractivity contribution in [2.45, 2.75) is 26.8 Å². The van der Waals surface area contributed by atoms with Gasteiger partial charge in [0.05, 0.1) is 12.6 Å². The molecular weight excluding hydrogens is 234 g/mol. The van der Waals surface area contributed by atoms with E-state index in [9.17, 15) is 0 Å². The third-order valence-electron chi connectivity index (χ3n) is 2.73. The average molecular weight is 251 g/mol. The van der Waals surface area contributed by atoms with Crippen molar-refractivity contribution in [3.63, 3.8) is 0 Å². The van der Waals surface area contributed by atoms with E-state index in [1.54, 1.807) is 7.11 Å². The number of imidazole rings is 1. The molecule has 0 radical (unpaired) electrons. The summed E-state index contributed by atoms with van der Waals surface area (Å²) in [7, 11) is 1.62. The molecule has 0 saturated carbocycles. The van der Waals surface area contributed by atoms with Crippen LogP contribution in [0.2, 0.25) is 0 Å². The van der Waals surface area contributed by atoms with Gasteiger partial charge in [-0.3, -0.25) is 0 Å². The van der Waals surface area contributed by atoms with Gasteiger partial charge in [-0.1, -0.05) is 13.8 Å². The Hall–Kier alpha value is -1.36. The van der Waals surface area contributed by atoms with Crippen LogP contribution in [0.3, 0.4) is 0 Å². The zero-order valence-corrected chi connectivity index (χ0v) is 11.2. The van der Waals surface area contributed by atoms with Crippen LogP contribution < -0.4 is 4.74 Å². The second-order valence-electron chi connectivity index (χ2n) is 4.49. The molecule has 0 unspecified atom stereocenters. The number of hydrogen-bond donors (Lipinski definition) is 1. The zero-order valence-electron chi connectivity index (χ0n) is 10.4. The smallest absolute Gasteiger partial charge is 0.215 e. The molecule has 17 heavy (non-hydrogen) atoms. The van der Waals surface area contributed by atoms with Gasteiger partial charge >= 0.3 is 0 Å². The van der Waals surface area contributed by atoms with Crippen molar-refractivity contribution in [3.8, 4) is 5.88 Å². The van der Waals surface area contributed by atoms with E-state index in [4.69, 9.17) is 17.0 Å². The number of nitrogens with one attached hydrogen (secondary N) is 1. The van der Waals surface area contributed by atoms with Crippen molar-refractivity contribution in [3.05, 3.63) is 16.9 Å². The minimum Gasteiger partial charge on any atom is -0.481 e. The molecule has 0 spiro atoms. The van der Waals surface area contributed by atoms with Gasteiger partial charge < -0.3 is 14.3 Å². The zero-order chi connectivity index (χ0) is 12.4. The number of pyridine rings is 1. The fraction of sp³-hybridized carbons (Fsp3) is 0.500. The standard InChI is InChI=1S/C12H17N3OS/c1-8(2)6-7-15-11-9(13-12(15)17)4-5-10(14-11)16-3/h4-5,8H,6-7H2,1-3H3,(H,13,17). The minimum absolute atomic E-state index is 0.616. The molecule has 2 aromatic heterocycles.